The van der Waals surface area contributed by atoms with Gasteiger partial charge in [-0.1, -0.05) is 24.3 Å². The zero-order valence-electron chi connectivity index (χ0n) is 13.8. The molecule has 1 aromatic heterocycles. The van der Waals surface area contributed by atoms with Gasteiger partial charge in [0.1, 0.15) is 11.3 Å². The van der Waals surface area contributed by atoms with Crippen LogP contribution in [0, 0.1) is 0 Å². The Morgan fingerprint density at radius 3 is 2.56 bits per heavy atom. The molecule has 3 rings (SSSR count). The number of hydrogen-bond acceptors (Lipinski definition) is 4. The van der Waals surface area contributed by atoms with Crippen molar-refractivity contribution in [2.45, 2.75) is 17.9 Å². The highest BCUT2D eigenvalue weighted by Crippen LogP contribution is 2.24. The van der Waals surface area contributed by atoms with Gasteiger partial charge in [-0.15, -0.1) is 0 Å². The fourth-order valence-electron chi connectivity index (χ4n) is 2.49. The minimum atomic E-state index is -3.60. The molecule has 130 valence electrons. The number of sulfonamides is 1. The number of nitrogens with one attached hydrogen (secondary N) is 2. The molecule has 0 spiro atoms. The van der Waals surface area contributed by atoms with E-state index in [4.69, 9.17) is 4.42 Å². The molecule has 0 aliphatic carbocycles. The average molecular weight is 358 g/mol. The SMILES string of the molecule is CNS(=O)(=O)c1cccc(C(=O)N[C@H](C)c2cc3ccccc3o2)c1. The minimum Gasteiger partial charge on any atom is -0.459 e. The molecule has 7 heteroatoms. The summed E-state index contributed by atoms with van der Waals surface area (Å²) in [6.45, 7) is 1.81. The van der Waals surface area contributed by atoms with Crippen molar-refractivity contribution in [2.75, 3.05) is 7.05 Å². The van der Waals surface area contributed by atoms with Crippen molar-refractivity contribution in [3.63, 3.8) is 0 Å². The fourth-order valence-corrected chi connectivity index (χ4v) is 3.26. The molecule has 0 aliphatic rings. The van der Waals surface area contributed by atoms with Crippen LogP contribution in [0.4, 0.5) is 0 Å². The van der Waals surface area contributed by atoms with Crippen LogP contribution in [0.1, 0.15) is 29.1 Å². The lowest BCUT2D eigenvalue weighted by Gasteiger charge is -2.12. The Morgan fingerprint density at radius 2 is 1.84 bits per heavy atom. The quantitative estimate of drug-likeness (QED) is 0.734. The maximum Gasteiger partial charge on any atom is 0.251 e. The lowest BCUT2D eigenvalue weighted by Crippen LogP contribution is -2.27. The van der Waals surface area contributed by atoms with Crippen molar-refractivity contribution in [3.05, 3.63) is 65.9 Å². The molecule has 1 atom stereocenters. The molecular weight excluding hydrogens is 340 g/mol. The average Bonchev–Trinajstić information content (AvgIpc) is 3.06. The third-order valence-electron chi connectivity index (χ3n) is 3.89. The van der Waals surface area contributed by atoms with E-state index < -0.39 is 10.0 Å². The second-order valence-electron chi connectivity index (χ2n) is 5.62. The van der Waals surface area contributed by atoms with Crippen molar-refractivity contribution in [1.29, 1.82) is 0 Å². The zero-order chi connectivity index (χ0) is 18.0. The topological polar surface area (TPSA) is 88.4 Å². The Kier molecular flexibility index (Phi) is 4.61. The standard InChI is InChI=1S/C18H18N2O4S/c1-12(17-11-13-6-3-4-9-16(13)24-17)20-18(21)14-7-5-8-15(10-14)25(22,23)19-2/h3-12,19H,1-2H3,(H,20,21)/t12-/m1/s1. The summed E-state index contributed by atoms with van der Waals surface area (Å²) in [5.41, 5.74) is 1.01. The monoisotopic (exact) mass is 358 g/mol. The molecule has 0 unspecified atom stereocenters. The first-order chi connectivity index (χ1) is 11.9. The summed E-state index contributed by atoms with van der Waals surface area (Å²) in [5.74, 6) is 0.259. The smallest absolute Gasteiger partial charge is 0.251 e. The summed E-state index contributed by atoms with van der Waals surface area (Å²) in [6.07, 6.45) is 0. The molecule has 3 aromatic rings. The van der Waals surface area contributed by atoms with Crippen molar-refractivity contribution < 1.29 is 17.6 Å². The summed E-state index contributed by atoms with van der Waals surface area (Å²) < 4.78 is 31.7. The van der Waals surface area contributed by atoms with Crippen LogP contribution >= 0.6 is 0 Å². The minimum absolute atomic E-state index is 0.0408. The predicted molar refractivity (Wildman–Crippen MR) is 94.8 cm³/mol. The second kappa shape index (κ2) is 6.70. The molecule has 0 radical (unpaired) electrons. The molecule has 0 saturated carbocycles. The van der Waals surface area contributed by atoms with E-state index in [0.717, 1.165) is 11.0 Å². The van der Waals surface area contributed by atoms with E-state index in [2.05, 4.69) is 10.0 Å². The number of para-hydroxylation sites is 1. The van der Waals surface area contributed by atoms with Crippen molar-refractivity contribution in [1.82, 2.24) is 10.0 Å². The maximum absolute atomic E-state index is 12.4. The summed E-state index contributed by atoms with van der Waals surface area (Å²) in [6, 6.07) is 15.0. The van der Waals surface area contributed by atoms with E-state index in [-0.39, 0.29) is 22.4 Å². The molecule has 0 saturated heterocycles. The van der Waals surface area contributed by atoms with Crippen LogP contribution < -0.4 is 10.0 Å². The van der Waals surface area contributed by atoms with Crippen molar-refractivity contribution in [3.8, 4) is 0 Å². The lowest BCUT2D eigenvalue weighted by atomic mass is 10.1. The normalized spacial score (nSPS) is 12.9. The van der Waals surface area contributed by atoms with Crippen LogP contribution in [-0.2, 0) is 10.0 Å². The number of carbonyl (C=O) groups is 1. The van der Waals surface area contributed by atoms with E-state index in [9.17, 15) is 13.2 Å². The van der Waals surface area contributed by atoms with Gasteiger partial charge in [0.25, 0.3) is 5.91 Å². The van der Waals surface area contributed by atoms with Gasteiger partial charge in [-0.2, -0.15) is 0 Å². The predicted octanol–water partition coefficient (Wildman–Crippen LogP) is 2.83. The zero-order valence-corrected chi connectivity index (χ0v) is 14.6. The molecule has 6 nitrogen and oxygen atoms in total. The van der Waals surface area contributed by atoms with Crippen LogP contribution in [0.25, 0.3) is 11.0 Å². The molecule has 2 aromatic carbocycles. The number of rotatable bonds is 5. The Bertz CT molecular complexity index is 991. The molecule has 1 amide bonds. The molecule has 0 fully saturated rings. The van der Waals surface area contributed by atoms with E-state index in [0.29, 0.717) is 5.76 Å². The Labute approximate surface area is 145 Å². The van der Waals surface area contributed by atoms with Crippen molar-refractivity contribution >= 4 is 26.9 Å². The van der Waals surface area contributed by atoms with Crippen LogP contribution in [0.15, 0.2) is 63.9 Å². The summed E-state index contributed by atoms with van der Waals surface area (Å²) in [7, 11) is -2.28. The highest BCUT2D eigenvalue weighted by atomic mass is 32.2. The van der Waals surface area contributed by atoms with Gasteiger partial charge in [0.05, 0.1) is 10.9 Å². The Morgan fingerprint density at radius 1 is 1.08 bits per heavy atom. The number of hydrogen-bond donors (Lipinski definition) is 2. The van der Waals surface area contributed by atoms with E-state index >= 15 is 0 Å². The van der Waals surface area contributed by atoms with Gasteiger partial charge in [-0.05, 0) is 44.3 Å². The van der Waals surface area contributed by atoms with E-state index in [1.807, 2.05) is 37.3 Å². The number of benzene rings is 2. The first-order valence-electron chi connectivity index (χ1n) is 7.73. The number of fused-ring (bicyclic) bond motifs is 1. The third-order valence-corrected chi connectivity index (χ3v) is 5.31. The first kappa shape index (κ1) is 17.2. The molecule has 1 heterocycles. The van der Waals surface area contributed by atoms with Crippen LogP contribution in [0.5, 0.6) is 0 Å². The highest BCUT2D eigenvalue weighted by Gasteiger charge is 2.18. The molecule has 2 N–H and O–H groups in total. The van der Waals surface area contributed by atoms with Gasteiger partial charge in [0, 0.05) is 10.9 Å². The molecule has 25 heavy (non-hydrogen) atoms. The van der Waals surface area contributed by atoms with Crippen LogP contribution in [0.2, 0.25) is 0 Å². The second-order valence-corrected chi connectivity index (χ2v) is 7.50. The van der Waals surface area contributed by atoms with Crippen LogP contribution in [0.3, 0.4) is 0 Å². The summed E-state index contributed by atoms with van der Waals surface area (Å²) >= 11 is 0. The van der Waals surface area contributed by atoms with E-state index in [1.54, 1.807) is 6.07 Å². The molecular formula is C18H18N2O4S. The molecule has 0 aliphatic heterocycles. The van der Waals surface area contributed by atoms with Crippen molar-refractivity contribution in [2.24, 2.45) is 0 Å². The Balaban J connectivity index is 1.81. The fraction of sp³-hybridized carbons (Fsp3) is 0.167. The van der Waals surface area contributed by atoms with Gasteiger partial charge in [0.15, 0.2) is 0 Å². The summed E-state index contributed by atoms with van der Waals surface area (Å²) in [5, 5.41) is 3.78. The Hall–Kier alpha value is -2.64. The third kappa shape index (κ3) is 3.57. The van der Waals surface area contributed by atoms with Gasteiger partial charge in [-0.25, -0.2) is 13.1 Å². The number of furan rings is 1. The number of amides is 1. The van der Waals surface area contributed by atoms with E-state index in [1.165, 1.54) is 25.2 Å². The highest BCUT2D eigenvalue weighted by molar-refractivity contribution is 7.89. The summed E-state index contributed by atoms with van der Waals surface area (Å²) in [4.78, 5) is 12.5. The largest absolute Gasteiger partial charge is 0.459 e. The van der Waals surface area contributed by atoms with Gasteiger partial charge in [0.2, 0.25) is 10.0 Å². The lowest BCUT2D eigenvalue weighted by molar-refractivity contribution is 0.0935. The van der Waals surface area contributed by atoms with Gasteiger partial charge >= 0.3 is 0 Å². The molecule has 0 bridgehead atoms. The van der Waals surface area contributed by atoms with Gasteiger partial charge in [-0.3, -0.25) is 4.79 Å². The maximum atomic E-state index is 12.4. The van der Waals surface area contributed by atoms with Gasteiger partial charge < -0.3 is 9.73 Å². The van der Waals surface area contributed by atoms with Crippen LogP contribution in [-0.4, -0.2) is 21.4 Å². The number of carbonyl (C=O) groups excluding carboxylic acids is 1. The first-order valence-corrected chi connectivity index (χ1v) is 9.22.